The summed E-state index contributed by atoms with van der Waals surface area (Å²) in [5, 5.41) is 7.97. The molecule has 0 fully saturated rings. The van der Waals surface area contributed by atoms with E-state index in [-0.39, 0.29) is 11.8 Å². The Balaban J connectivity index is 1.53. The Hall–Kier alpha value is -3.47. The standard InChI is InChI=1S/C23H20N4O/c1-15-20-11-18(12-24-22(20)26-25-15)23(28)27-13-17-9-5-6-10-19(17)21(14-27)16-7-3-2-4-8-16/h2-12,21H,13-14H2,1H3,(H,24,25,26). The van der Waals surface area contributed by atoms with Gasteiger partial charge < -0.3 is 4.90 Å². The Kier molecular flexibility index (Phi) is 3.93. The van der Waals surface area contributed by atoms with Crippen molar-refractivity contribution >= 4 is 16.9 Å². The van der Waals surface area contributed by atoms with Gasteiger partial charge in [-0.3, -0.25) is 9.89 Å². The lowest BCUT2D eigenvalue weighted by Gasteiger charge is -2.35. The molecular weight excluding hydrogens is 348 g/mol. The van der Waals surface area contributed by atoms with E-state index in [1.807, 2.05) is 30.0 Å². The number of H-pyrrole nitrogens is 1. The van der Waals surface area contributed by atoms with Crippen LogP contribution < -0.4 is 0 Å². The molecule has 0 spiro atoms. The summed E-state index contributed by atoms with van der Waals surface area (Å²) in [4.78, 5) is 19.6. The lowest BCUT2D eigenvalue weighted by molar-refractivity contribution is 0.0725. The summed E-state index contributed by atoms with van der Waals surface area (Å²) >= 11 is 0. The molecule has 1 amide bonds. The number of benzene rings is 2. The quantitative estimate of drug-likeness (QED) is 0.580. The zero-order valence-electron chi connectivity index (χ0n) is 15.6. The van der Waals surface area contributed by atoms with Crippen molar-refractivity contribution in [1.82, 2.24) is 20.1 Å². The molecule has 28 heavy (non-hydrogen) atoms. The summed E-state index contributed by atoms with van der Waals surface area (Å²) in [7, 11) is 0. The predicted molar refractivity (Wildman–Crippen MR) is 108 cm³/mol. The van der Waals surface area contributed by atoms with Crippen LogP contribution in [0.1, 0.15) is 38.7 Å². The Morgan fingerprint density at radius 3 is 2.75 bits per heavy atom. The normalized spacial score (nSPS) is 16.2. The molecule has 1 aliphatic heterocycles. The van der Waals surface area contributed by atoms with Crippen LogP contribution >= 0.6 is 0 Å². The fraction of sp³-hybridized carbons (Fsp3) is 0.174. The van der Waals surface area contributed by atoms with Crippen LogP contribution in [0.4, 0.5) is 0 Å². The van der Waals surface area contributed by atoms with Crippen LogP contribution in [-0.2, 0) is 6.54 Å². The summed E-state index contributed by atoms with van der Waals surface area (Å²) in [6.07, 6.45) is 1.63. The van der Waals surface area contributed by atoms with E-state index < -0.39 is 0 Å². The van der Waals surface area contributed by atoms with E-state index in [1.54, 1.807) is 6.20 Å². The fourth-order valence-corrected chi connectivity index (χ4v) is 4.05. The Morgan fingerprint density at radius 2 is 1.89 bits per heavy atom. The Labute approximate surface area is 163 Å². The number of amides is 1. The van der Waals surface area contributed by atoms with Gasteiger partial charge in [0.25, 0.3) is 5.91 Å². The second kappa shape index (κ2) is 6.60. The van der Waals surface area contributed by atoms with Crippen molar-refractivity contribution in [1.29, 1.82) is 0 Å². The molecule has 0 bridgehead atoms. The number of hydrogen-bond acceptors (Lipinski definition) is 3. The monoisotopic (exact) mass is 368 g/mol. The van der Waals surface area contributed by atoms with Crippen molar-refractivity contribution < 1.29 is 4.79 Å². The number of hydrogen-bond donors (Lipinski definition) is 1. The molecule has 0 radical (unpaired) electrons. The van der Waals surface area contributed by atoms with Crippen molar-refractivity contribution in [2.24, 2.45) is 0 Å². The first kappa shape index (κ1) is 16.7. The van der Waals surface area contributed by atoms with Crippen molar-refractivity contribution in [2.75, 3.05) is 6.54 Å². The van der Waals surface area contributed by atoms with Crippen molar-refractivity contribution in [2.45, 2.75) is 19.4 Å². The highest BCUT2D eigenvalue weighted by molar-refractivity contribution is 5.97. The zero-order chi connectivity index (χ0) is 19.1. The minimum atomic E-state index is 0.00503. The molecule has 1 unspecified atom stereocenters. The molecule has 2 aromatic heterocycles. The molecule has 0 aliphatic carbocycles. The molecule has 138 valence electrons. The van der Waals surface area contributed by atoms with Crippen LogP contribution in [0, 0.1) is 6.92 Å². The number of pyridine rings is 1. The van der Waals surface area contributed by atoms with E-state index in [1.165, 1.54) is 16.7 Å². The lowest BCUT2D eigenvalue weighted by atomic mass is 9.84. The molecular formula is C23H20N4O. The summed E-state index contributed by atoms with van der Waals surface area (Å²) in [6.45, 7) is 3.21. The number of fused-ring (bicyclic) bond motifs is 2. The van der Waals surface area contributed by atoms with E-state index in [0.717, 1.165) is 11.1 Å². The third kappa shape index (κ3) is 2.76. The minimum Gasteiger partial charge on any atom is -0.333 e. The van der Waals surface area contributed by atoms with Crippen molar-refractivity contribution in [3.8, 4) is 0 Å². The van der Waals surface area contributed by atoms with Gasteiger partial charge in [0.1, 0.15) is 0 Å². The molecule has 5 heteroatoms. The first-order chi connectivity index (χ1) is 13.7. The average Bonchev–Trinajstić information content (AvgIpc) is 3.13. The number of aryl methyl sites for hydroxylation is 1. The summed E-state index contributed by atoms with van der Waals surface area (Å²) in [6, 6.07) is 20.7. The van der Waals surface area contributed by atoms with Gasteiger partial charge in [-0.15, -0.1) is 0 Å². The number of carbonyl (C=O) groups is 1. The van der Waals surface area contributed by atoms with Gasteiger partial charge in [0.2, 0.25) is 0 Å². The van der Waals surface area contributed by atoms with Gasteiger partial charge in [-0.2, -0.15) is 5.10 Å². The Bertz CT molecular complexity index is 1170. The van der Waals surface area contributed by atoms with Crippen LogP contribution in [-0.4, -0.2) is 32.5 Å². The number of rotatable bonds is 2. The van der Waals surface area contributed by atoms with E-state index in [9.17, 15) is 4.79 Å². The number of nitrogens with zero attached hydrogens (tertiary/aromatic N) is 3. The highest BCUT2D eigenvalue weighted by Gasteiger charge is 2.29. The highest BCUT2D eigenvalue weighted by atomic mass is 16.2. The van der Waals surface area contributed by atoms with Crippen LogP contribution in [0.2, 0.25) is 0 Å². The molecule has 0 saturated carbocycles. The fourth-order valence-electron chi connectivity index (χ4n) is 4.05. The largest absolute Gasteiger partial charge is 0.333 e. The Morgan fingerprint density at radius 1 is 1.11 bits per heavy atom. The summed E-state index contributed by atoms with van der Waals surface area (Å²) < 4.78 is 0. The topological polar surface area (TPSA) is 61.9 Å². The number of nitrogens with one attached hydrogen (secondary N) is 1. The second-order valence-corrected chi connectivity index (χ2v) is 7.29. The van der Waals surface area contributed by atoms with Gasteiger partial charge in [-0.25, -0.2) is 4.98 Å². The third-order valence-electron chi connectivity index (χ3n) is 5.53. The highest BCUT2D eigenvalue weighted by Crippen LogP contribution is 2.34. The van der Waals surface area contributed by atoms with Gasteiger partial charge in [0.15, 0.2) is 5.65 Å². The maximum atomic E-state index is 13.3. The van der Waals surface area contributed by atoms with Gasteiger partial charge in [-0.05, 0) is 29.7 Å². The second-order valence-electron chi connectivity index (χ2n) is 7.29. The van der Waals surface area contributed by atoms with Crippen LogP contribution in [0.15, 0.2) is 66.9 Å². The van der Waals surface area contributed by atoms with Gasteiger partial charge >= 0.3 is 0 Å². The molecule has 5 rings (SSSR count). The van der Waals surface area contributed by atoms with E-state index in [4.69, 9.17) is 0 Å². The lowest BCUT2D eigenvalue weighted by Crippen LogP contribution is -2.38. The van der Waals surface area contributed by atoms with E-state index in [2.05, 4.69) is 57.6 Å². The van der Waals surface area contributed by atoms with Gasteiger partial charge in [0.05, 0.1) is 5.56 Å². The molecule has 3 heterocycles. The van der Waals surface area contributed by atoms with Crippen LogP contribution in [0.25, 0.3) is 11.0 Å². The van der Waals surface area contributed by atoms with Gasteiger partial charge in [-0.1, -0.05) is 54.6 Å². The molecule has 1 atom stereocenters. The minimum absolute atomic E-state index is 0.00503. The number of aromatic amines is 1. The van der Waals surface area contributed by atoms with E-state index in [0.29, 0.717) is 24.3 Å². The molecule has 1 N–H and O–H groups in total. The van der Waals surface area contributed by atoms with Gasteiger partial charge in [0, 0.05) is 36.3 Å². The van der Waals surface area contributed by atoms with Crippen LogP contribution in [0.5, 0.6) is 0 Å². The van der Waals surface area contributed by atoms with E-state index >= 15 is 0 Å². The summed E-state index contributed by atoms with van der Waals surface area (Å²) in [5.41, 5.74) is 5.89. The summed E-state index contributed by atoms with van der Waals surface area (Å²) in [5.74, 6) is 0.174. The first-order valence-corrected chi connectivity index (χ1v) is 9.43. The molecule has 0 saturated heterocycles. The van der Waals surface area contributed by atoms with Crippen molar-refractivity contribution in [3.63, 3.8) is 0 Å². The number of aromatic nitrogens is 3. The SMILES string of the molecule is Cc1[nH]nc2ncc(C(=O)N3Cc4ccccc4C(c4ccccc4)C3)cc12. The van der Waals surface area contributed by atoms with Crippen LogP contribution in [0.3, 0.4) is 0 Å². The first-order valence-electron chi connectivity index (χ1n) is 9.43. The molecule has 1 aliphatic rings. The molecule has 5 nitrogen and oxygen atoms in total. The zero-order valence-corrected chi connectivity index (χ0v) is 15.6. The molecule has 4 aromatic rings. The maximum Gasteiger partial charge on any atom is 0.255 e. The smallest absolute Gasteiger partial charge is 0.255 e. The predicted octanol–water partition coefficient (Wildman–Crippen LogP) is 4.05. The van der Waals surface area contributed by atoms with Crippen molar-refractivity contribution in [3.05, 3.63) is 94.8 Å². The maximum absolute atomic E-state index is 13.3. The third-order valence-corrected chi connectivity index (χ3v) is 5.53. The molecule has 2 aromatic carbocycles. The average molecular weight is 368 g/mol. The number of carbonyl (C=O) groups excluding carboxylic acids is 1.